The summed E-state index contributed by atoms with van der Waals surface area (Å²) in [5.74, 6) is -0.160. The first kappa shape index (κ1) is 16.4. The van der Waals surface area contributed by atoms with E-state index in [2.05, 4.69) is 10.3 Å². The molecule has 1 amide bonds. The highest BCUT2D eigenvalue weighted by Gasteiger charge is 2.10. The smallest absolute Gasteiger partial charge is 0.257 e. The number of hydrogen-bond acceptors (Lipinski definition) is 4. The van der Waals surface area contributed by atoms with E-state index in [1.54, 1.807) is 48.5 Å². The van der Waals surface area contributed by atoms with Gasteiger partial charge in [0.15, 0.2) is 0 Å². The van der Waals surface area contributed by atoms with Crippen molar-refractivity contribution in [3.05, 3.63) is 72.2 Å². The second-order valence-corrected chi connectivity index (χ2v) is 5.32. The van der Waals surface area contributed by atoms with Crippen molar-refractivity contribution >= 4 is 17.3 Å². The highest BCUT2D eigenvalue weighted by Crippen LogP contribution is 2.25. The Morgan fingerprint density at radius 2 is 1.96 bits per heavy atom. The highest BCUT2D eigenvalue weighted by molar-refractivity contribution is 6.04. The maximum atomic E-state index is 13.8. The summed E-state index contributed by atoms with van der Waals surface area (Å²) in [4.78, 5) is 16.5. The van der Waals surface area contributed by atoms with Crippen molar-refractivity contribution in [3.8, 4) is 17.0 Å². The van der Waals surface area contributed by atoms with Gasteiger partial charge in [0.05, 0.1) is 24.1 Å². The van der Waals surface area contributed by atoms with Gasteiger partial charge in [0.2, 0.25) is 0 Å². The van der Waals surface area contributed by atoms with Gasteiger partial charge in [0.1, 0.15) is 11.6 Å². The summed E-state index contributed by atoms with van der Waals surface area (Å²) in [6.07, 6.45) is 1.41. The van der Waals surface area contributed by atoms with Gasteiger partial charge >= 0.3 is 0 Å². The van der Waals surface area contributed by atoms with Crippen LogP contribution in [0.4, 0.5) is 15.8 Å². The summed E-state index contributed by atoms with van der Waals surface area (Å²) in [6, 6.07) is 14.5. The number of nitrogens with one attached hydrogen (secondary N) is 1. The molecule has 5 nitrogen and oxygen atoms in total. The van der Waals surface area contributed by atoms with Crippen molar-refractivity contribution in [2.24, 2.45) is 0 Å². The number of aromatic nitrogens is 1. The lowest BCUT2D eigenvalue weighted by atomic mass is 10.1. The number of nitrogens with zero attached hydrogens (tertiary/aromatic N) is 1. The first-order valence-corrected chi connectivity index (χ1v) is 7.54. The Balaban J connectivity index is 1.77. The summed E-state index contributed by atoms with van der Waals surface area (Å²) >= 11 is 0. The second-order valence-electron chi connectivity index (χ2n) is 5.32. The largest absolute Gasteiger partial charge is 0.495 e. The summed E-state index contributed by atoms with van der Waals surface area (Å²) in [6.45, 7) is 0. The van der Waals surface area contributed by atoms with E-state index < -0.39 is 0 Å². The molecule has 25 heavy (non-hydrogen) atoms. The van der Waals surface area contributed by atoms with Crippen LogP contribution in [0.2, 0.25) is 0 Å². The predicted octanol–water partition coefficient (Wildman–Crippen LogP) is 3.73. The molecule has 2 aromatic carbocycles. The third-order valence-electron chi connectivity index (χ3n) is 3.66. The first-order valence-electron chi connectivity index (χ1n) is 7.54. The SMILES string of the molecule is COc1ccc(NC(=O)c2ccc(-c3ccccc3F)nc2)cc1N. The molecule has 0 aliphatic rings. The van der Waals surface area contributed by atoms with Crippen molar-refractivity contribution in [3.63, 3.8) is 0 Å². The summed E-state index contributed by atoms with van der Waals surface area (Å²) < 4.78 is 18.9. The Morgan fingerprint density at radius 3 is 2.60 bits per heavy atom. The van der Waals surface area contributed by atoms with Gasteiger partial charge in [-0.3, -0.25) is 9.78 Å². The lowest BCUT2D eigenvalue weighted by Gasteiger charge is -2.09. The third-order valence-corrected chi connectivity index (χ3v) is 3.66. The van der Waals surface area contributed by atoms with Crippen LogP contribution in [0.15, 0.2) is 60.8 Å². The lowest BCUT2D eigenvalue weighted by molar-refractivity contribution is 0.102. The molecule has 0 radical (unpaired) electrons. The fourth-order valence-electron chi connectivity index (χ4n) is 2.37. The zero-order valence-electron chi connectivity index (χ0n) is 13.5. The van der Waals surface area contributed by atoms with Crippen molar-refractivity contribution in [1.29, 1.82) is 0 Å². The normalized spacial score (nSPS) is 10.3. The summed E-state index contributed by atoms with van der Waals surface area (Å²) in [5.41, 5.74) is 7.99. The number of amides is 1. The molecule has 0 saturated carbocycles. The maximum absolute atomic E-state index is 13.8. The zero-order chi connectivity index (χ0) is 17.8. The van der Waals surface area contributed by atoms with Crippen LogP contribution in [0, 0.1) is 5.82 Å². The Morgan fingerprint density at radius 1 is 1.16 bits per heavy atom. The molecule has 126 valence electrons. The van der Waals surface area contributed by atoms with Crippen molar-refractivity contribution in [2.45, 2.75) is 0 Å². The number of hydrogen-bond donors (Lipinski definition) is 2. The second kappa shape index (κ2) is 7.00. The number of benzene rings is 2. The van der Waals surface area contributed by atoms with Crippen LogP contribution in [-0.4, -0.2) is 18.0 Å². The van der Waals surface area contributed by atoms with E-state index in [0.717, 1.165) is 0 Å². The molecule has 0 unspecified atom stereocenters. The average molecular weight is 337 g/mol. The van der Waals surface area contributed by atoms with E-state index in [4.69, 9.17) is 10.5 Å². The molecule has 1 aromatic heterocycles. The fourth-order valence-corrected chi connectivity index (χ4v) is 2.37. The minimum Gasteiger partial charge on any atom is -0.495 e. The summed E-state index contributed by atoms with van der Waals surface area (Å²) in [7, 11) is 1.52. The van der Waals surface area contributed by atoms with Crippen LogP contribution in [-0.2, 0) is 0 Å². The number of pyridine rings is 1. The first-order chi connectivity index (χ1) is 12.1. The number of nitrogen functional groups attached to an aromatic ring is 1. The van der Waals surface area contributed by atoms with Crippen molar-refractivity contribution < 1.29 is 13.9 Å². The standard InChI is InChI=1S/C19H16FN3O2/c1-25-18-9-7-13(10-16(18)21)23-19(24)12-6-8-17(22-11-12)14-4-2-3-5-15(14)20/h2-11H,21H2,1H3,(H,23,24). The molecule has 3 rings (SSSR count). The number of nitrogens with two attached hydrogens (primary N) is 1. The molecular formula is C19H16FN3O2. The molecule has 0 aliphatic heterocycles. The van der Waals surface area contributed by atoms with E-state index >= 15 is 0 Å². The highest BCUT2D eigenvalue weighted by atomic mass is 19.1. The number of carbonyl (C=O) groups excluding carboxylic acids is 1. The summed E-state index contributed by atoms with van der Waals surface area (Å²) in [5, 5.41) is 2.73. The van der Waals surface area contributed by atoms with Crippen molar-refractivity contribution in [2.75, 3.05) is 18.2 Å². The minimum absolute atomic E-state index is 0.336. The molecule has 0 atom stereocenters. The van der Waals surface area contributed by atoms with Crippen LogP contribution >= 0.6 is 0 Å². The molecule has 3 N–H and O–H groups in total. The zero-order valence-corrected chi connectivity index (χ0v) is 13.5. The molecule has 3 aromatic rings. The number of methoxy groups -OCH3 is 1. The van der Waals surface area contributed by atoms with Gasteiger partial charge in [-0.1, -0.05) is 12.1 Å². The van der Waals surface area contributed by atoms with Crippen LogP contribution in [0.3, 0.4) is 0 Å². The number of ether oxygens (including phenoxy) is 1. The molecule has 0 saturated heterocycles. The fraction of sp³-hybridized carbons (Fsp3) is 0.0526. The lowest BCUT2D eigenvalue weighted by Crippen LogP contribution is -2.12. The van der Waals surface area contributed by atoms with Gasteiger partial charge in [0, 0.05) is 17.4 Å². The van der Waals surface area contributed by atoms with Crippen LogP contribution in [0.25, 0.3) is 11.3 Å². The number of halogens is 1. The van der Waals surface area contributed by atoms with Crippen LogP contribution in [0.1, 0.15) is 10.4 Å². The quantitative estimate of drug-likeness (QED) is 0.711. The van der Waals surface area contributed by atoms with E-state index in [-0.39, 0.29) is 11.7 Å². The third kappa shape index (κ3) is 3.58. The molecular weight excluding hydrogens is 321 g/mol. The Kier molecular flexibility index (Phi) is 4.61. The molecule has 6 heteroatoms. The van der Waals surface area contributed by atoms with Gasteiger partial charge in [-0.2, -0.15) is 0 Å². The van der Waals surface area contributed by atoms with Crippen LogP contribution < -0.4 is 15.8 Å². The van der Waals surface area contributed by atoms with Gasteiger partial charge in [0.25, 0.3) is 5.91 Å². The van der Waals surface area contributed by atoms with Gasteiger partial charge < -0.3 is 15.8 Å². The Bertz CT molecular complexity index is 911. The van der Waals surface area contributed by atoms with E-state index in [1.807, 2.05) is 0 Å². The van der Waals surface area contributed by atoms with Gasteiger partial charge in [-0.05, 0) is 42.5 Å². The van der Waals surface area contributed by atoms with Gasteiger partial charge in [-0.25, -0.2) is 4.39 Å². The number of rotatable bonds is 4. The minimum atomic E-state index is -0.360. The predicted molar refractivity (Wildman–Crippen MR) is 95.0 cm³/mol. The number of carbonyl (C=O) groups is 1. The molecule has 0 spiro atoms. The molecule has 1 heterocycles. The molecule has 0 fully saturated rings. The van der Waals surface area contributed by atoms with E-state index in [9.17, 15) is 9.18 Å². The molecule has 0 aliphatic carbocycles. The Labute approximate surface area is 144 Å². The average Bonchev–Trinajstić information content (AvgIpc) is 2.62. The molecule has 0 bridgehead atoms. The monoisotopic (exact) mass is 337 g/mol. The maximum Gasteiger partial charge on any atom is 0.257 e. The number of anilines is 2. The Hall–Kier alpha value is -3.41. The van der Waals surface area contributed by atoms with E-state index in [0.29, 0.717) is 33.9 Å². The van der Waals surface area contributed by atoms with Gasteiger partial charge in [-0.15, -0.1) is 0 Å². The topological polar surface area (TPSA) is 77.2 Å². The van der Waals surface area contributed by atoms with E-state index in [1.165, 1.54) is 19.4 Å². The van der Waals surface area contributed by atoms with Crippen molar-refractivity contribution in [1.82, 2.24) is 4.98 Å². The van der Waals surface area contributed by atoms with Crippen LogP contribution in [0.5, 0.6) is 5.75 Å².